The Balaban J connectivity index is 2.23. The molecular formula is C12H15ClN4O2S. The van der Waals surface area contributed by atoms with Crippen molar-refractivity contribution in [3.8, 4) is 0 Å². The van der Waals surface area contributed by atoms with Crippen LogP contribution in [-0.4, -0.2) is 18.6 Å². The lowest BCUT2D eigenvalue weighted by Gasteiger charge is -2.06. The number of anilines is 2. The zero-order chi connectivity index (χ0) is 14.8. The molecule has 4 N–H and O–H groups in total. The third kappa shape index (κ3) is 3.23. The van der Waals surface area contributed by atoms with Gasteiger partial charge in [-0.1, -0.05) is 24.9 Å². The quantitative estimate of drug-likeness (QED) is 0.737. The number of benzene rings is 1. The maximum atomic E-state index is 12.2. The lowest BCUT2D eigenvalue weighted by Crippen LogP contribution is -2.13. The molecule has 2 aromatic rings. The minimum absolute atomic E-state index is 0.0411. The highest BCUT2D eigenvalue weighted by molar-refractivity contribution is 7.92. The summed E-state index contributed by atoms with van der Waals surface area (Å²) in [6, 6.07) is 5.81. The van der Waals surface area contributed by atoms with Gasteiger partial charge in [0.2, 0.25) is 0 Å². The smallest absolute Gasteiger partial charge is 0.263 e. The lowest BCUT2D eigenvalue weighted by molar-refractivity contribution is 0.601. The van der Waals surface area contributed by atoms with E-state index in [9.17, 15) is 8.42 Å². The molecule has 0 saturated heterocycles. The lowest BCUT2D eigenvalue weighted by atomic mass is 10.2. The molecule has 0 aliphatic heterocycles. The Kier molecular flexibility index (Phi) is 4.20. The van der Waals surface area contributed by atoms with Crippen LogP contribution >= 0.6 is 11.6 Å². The van der Waals surface area contributed by atoms with E-state index in [0.717, 1.165) is 18.5 Å². The Labute approximate surface area is 122 Å². The molecule has 0 amide bonds. The number of nitrogen functional groups attached to an aromatic ring is 1. The minimum atomic E-state index is -3.73. The summed E-state index contributed by atoms with van der Waals surface area (Å²) in [5, 5.41) is 7.01. The largest absolute Gasteiger partial charge is 0.397 e. The average Bonchev–Trinajstić information content (AvgIpc) is 2.79. The predicted molar refractivity (Wildman–Crippen MR) is 79.3 cm³/mol. The average molecular weight is 315 g/mol. The Morgan fingerprint density at radius 1 is 1.40 bits per heavy atom. The summed E-state index contributed by atoms with van der Waals surface area (Å²) in [5.74, 6) is 0.252. The summed E-state index contributed by atoms with van der Waals surface area (Å²) < 4.78 is 26.7. The van der Waals surface area contributed by atoms with Gasteiger partial charge in [-0.15, -0.1) is 0 Å². The number of nitrogens with two attached hydrogens (primary N) is 1. The molecule has 108 valence electrons. The molecule has 0 spiro atoms. The van der Waals surface area contributed by atoms with E-state index in [1.807, 2.05) is 6.92 Å². The van der Waals surface area contributed by atoms with Gasteiger partial charge in [-0.3, -0.25) is 9.82 Å². The molecule has 0 fully saturated rings. The van der Waals surface area contributed by atoms with Crippen LogP contribution in [0.25, 0.3) is 0 Å². The maximum Gasteiger partial charge on any atom is 0.263 e. The summed E-state index contributed by atoms with van der Waals surface area (Å²) in [4.78, 5) is 0.0411. The monoisotopic (exact) mass is 314 g/mol. The second kappa shape index (κ2) is 5.72. The highest BCUT2D eigenvalue weighted by Gasteiger charge is 2.16. The molecule has 6 nitrogen and oxygen atoms in total. The molecule has 1 aromatic carbocycles. The van der Waals surface area contributed by atoms with Gasteiger partial charge in [-0.25, -0.2) is 8.42 Å². The summed E-state index contributed by atoms with van der Waals surface area (Å²) >= 11 is 5.77. The van der Waals surface area contributed by atoms with Gasteiger partial charge in [0.1, 0.15) is 0 Å². The Hall–Kier alpha value is -1.73. The third-order valence-corrected chi connectivity index (χ3v) is 4.36. The number of aryl methyl sites for hydroxylation is 1. The summed E-state index contributed by atoms with van der Waals surface area (Å²) in [6.07, 6.45) is 1.75. The van der Waals surface area contributed by atoms with Crippen molar-refractivity contribution < 1.29 is 8.42 Å². The van der Waals surface area contributed by atoms with Crippen LogP contribution in [0, 0.1) is 0 Å². The van der Waals surface area contributed by atoms with Gasteiger partial charge in [0, 0.05) is 11.8 Å². The fourth-order valence-electron chi connectivity index (χ4n) is 1.70. The molecule has 0 unspecified atom stereocenters. The SMILES string of the molecule is CCCc1cc(NS(=O)(=O)c2ccc(Cl)c(N)c2)n[nH]1. The summed E-state index contributed by atoms with van der Waals surface area (Å²) in [7, 11) is -3.73. The molecule has 0 aliphatic rings. The van der Waals surface area contributed by atoms with Crippen LogP contribution in [-0.2, 0) is 16.4 Å². The number of aromatic amines is 1. The molecule has 2 rings (SSSR count). The maximum absolute atomic E-state index is 12.2. The van der Waals surface area contributed by atoms with E-state index in [1.165, 1.54) is 18.2 Å². The number of aromatic nitrogens is 2. The van der Waals surface area contributed by atoms with E-state index in [2.05, 4.69) is 14.9 Å². The molecule has 0 bridgehead atoms. The van der Waals surface area contributed by atoms with E-state index >= 15 is 0 Å². The fourth-order valence-corrected chi connectivity index (χ4v) is 2.84. The second-order valence-corrected chi connectivity index (χ2v) is 6.41. The summed E-state index contributed by atoms with van der Waals surface area (Å²) in [6.45, 7) is 2.03. The molecule has 0 aliphatic carbocycles. The van der Waals surface area contributed by atoms with Crippen molar-refractivity contribution in [2.24, 2.45) is 0 Å². The first-order valence-corrected chi connectivity index (χ1v) is 7.90. The number of sulfonamides is 1. The molecule has 8 heteroatoms. The normalized spacial score (nSPS) is 11.5. The second-order valence-electron chi connectivity index (χ2n) is 4.32. The van der Waals surface area contributed by atoms with Crippen molar-refractivity contribution >= 4 is 33.1 Å². The van der Waals surface area contributed by atoms with E-state index < -0.39 is 10.0 Å². The van der Waals surface area contributed by atoms with Crippen LogP contribution in [0.5, 0.6) is 0 Å². The first-order chi connectivity index (χ1) is 9.42. The van der Waals surface area contributed by atoms with Crippen LogP contribution in [0.4, 0.5) is 11.5 Å². The zero-order valence-corrected chi connectivity index (χ0v) is 12.4. The standard InChI is InChI=1S/C12H15ClN4O2S/c1-2-3-8-6-12(16-15-8)17-20(18,19)9-4-5-10(13)11(14)7-9/h4-7H,2-3,14H2,1H3,(H2,15,16,17). The van der Waals surface area contributed by atoms with E-state index in [0.29, 0.717) is 5.02 Å². The van der Waals surface area contributed by atoms with E-state index in [4.69, 9.17) is 17.3 Å². The topological polar surface area (TPSA) is 101 Å². The predicted octanol–water partition coefficient (Wildman–Crippen LogP) is 2.40. The number of halogens is 1. The van der Waals surface area contributed by atoms with E-state index in [1.54, 1.807) is 6.07 Å². The highest BCUT2D eigenvalue weighted by atomic mass is 35.5. The van der Waals surface area contributed by atoms with Gasteiger partial charge in [-0.2, -0.15) is 5.10 Å². The van der Waals surface area contributed by atoms with Crippen LogP contribution in [0.1, 0.15) is 19.0 Å². The van der Waals surface area contributed by atoms with Crippen molar-refractivity contribution in [1.29, 1.82) is 0 Å². The van der Waals surface area contributed by atoms with Crippen molar-refractivity contribution in [3.63, 3.8) is 0 Å². The highest BCUT2D eigenvalue weighted by Crippen LogP contribution is 2.23. The van der Waals surface area contributed by atoms with Crippen molar-refractivity contribution in [2.45, 2.75) is 24.7 Å². The Morgan fingerprint density at radius 3 is 2.80 bits per heavy atom. The van der Waals surface area contributed by atoms with Gasteiger partial charge >= 0.3 is 0 Å². The third-order valence-electron chi connectivity index (χ3n) is 2.67. The number of nitrogens with one attached hydrogen (secondary N) is 2. The Bertz CT molecular complexity index is 712. The van der Waals surface area contributed by atoms with Crippen LogP contribution in [0.15, 0.2) is 29.2 Å². The number of hydrogen-bond donors (Lipinski definition) is 3. The molecular weight excluding hydrogens is 300 g/mol. The van der Waals surface area contributed by atoms with Crippen LogP contribution in [0.3, 0.4) is 0 Å². The fraction of sp³-hybridized carbons (Fsp3) is 0.250. The van der Waals surface area contributed by atoms with Crippen molar-refractivity contribution in [3.05, 3.63) is 35.0 Å². The molecule has 0 atom stereocenters. The molecule has 1 heterocycles. The van der Waals surface area contributed by atoms with Crippen LogP contribution in [0.2, 0.25) is 5.02 Å². The van der Waals surface area contributed by atoms with E-state index in [-0.39, 0.29) is 16.4 Å². The van der Waals surface area contributed by atoms with Crippen LogP contribution < -0.4 is 10.5 Å². The number of rotatable bonds is 5. The minimum Gasteiger partial charge on any atom is -0.397 e. The molecule has 20 heavy (non-hydrogen) atoms. The summed E-state index contributed by atoms with van der Waals surface area (Å²) in [5.41, 5.74) is 6.70. The van der Waals surface area contributed by atoms with Gasteiger partial charge in [-0.05, 0) is 24.6 Å². The Morgan fingerprint density at radius 2 is 2.15 bits per heavy atom. The van der Waals surface area contributed by atoms with Gasteiger partial charge < -0.3 is 5.73 Å². The van der Waals surface area contributed by atoms with Gasteiger partial charge in [0.05, 0.1) is 15.6 Å². The first-order valence-electron chi connectivity index (χ1n) is 6.04. The first kappa shape index (κ1) is 14.7. The number of nitrogens with zero attached hydrogens (tertiary/aromatic N) is 1. The number of H-pyrrole nitrogens is 1. The van der Waals surface area contributed by atoms with Crippen molar-refractivity contribution in [2.75, 3.05) is 10.5 Å². The van der Waals surface area contributed by atoms with Gasteiger partial charge in [0.15, 0.2) is 5.82 Å². The molecule has 1 aromatic heterocycles. The zero-order valence-electron chi connectivity index (χ0n) is 10.9. The van der Waals surface area contributed by atoms with Crippen molar-refractivity contribution in [1.82, 2.24) is 10.2 Å². The molecule has 0 radical (unpaired) electrons. The number of hydrogen-bond acceptors (Lipinski definition) is 4. The molecule has 0 saturated carbocycles. The van der Waals surface area contributed by atoms with Gasteiger partial charge in [0.25, 0.3) is 10.0 Å².